The van der Waals surface area contributed by atoms with Crippen LogP contribution in [0.2, 0.25) is 0 Å². The summed E-state index contributed by atoms with van der Waals surface area (Å²) in [6, 6.07) is 8.51. The molecule has 0 amide bonds. The first kappa shape index (κ1) is 18.0. The fourth-order valence-corrected chi connectivity index (χ4v) is 3.06. The van der Waals surface area contributed by atoms with E-state index in [2.05, 4.69) is 15.3 Å². The van der Waals surface area contributed by atoms with Gasteiger partial charge in [0.15, 0.2) is 11.6 Å². The van der Waals surface area contributed by atoms with E-state index in [0.717, 1.165) is 11.3 Å². The van der Waals surface area contributed by atoms with E-state index in [1.807, 2.05) is 24.4 Å². The van der Waals surface area contributed by atoms with Gasteiger partial charge in [0.05, 0.1) is 22.6 Å². The van der Waals surface area contributed by atoms with Gasteiger partial charge in [-0.2, -0.15) is 14.9 Å². The van der Waals surface area contributed by atoms with Crippen molar-refractivity contribution in [2.45, 2.75) is 13.3 Å². The lowest BCUT2D eigenvalue weighted by molar-refractivity contribution is -0.385. The zero-order valence-corrected chi connectivity index (χ0v) is 15.4. The van der Waals surface area contributed by atoms with Crippen molar-refractivity contribution in [3.63, 3.8) is 0 Å². The number of hydrogen-bond acceptors (Lipinski definition) is 7. The summed E-state index contributed by atoms with van der Waals surface area (Å²) in [5, 5.41) is 24.4. The Bertz CT molecular complexity index is 992. The smallest absolute Gasteiger partial charge is 0.311 e. The Hall–Kier alpha value is -2.85. The second-order valence-corrected chi connectivity index (χ2v) is 6.55. The fourth-order valence-electron chi connectivity index (χ4n) is 2.18. The average molecular weight is 389 g/mol. The number of H-pyrrole nitrogens is 1. The van der Waals surface area contributed by atoms with Gasteiger partial charge in [-0.3, -0.25) is 10.1 Å². The summed E-state index contributed by atoms with van der Waals surface area (Å²) in [7, 11) is 0. The SMILES string of the molecule is CCCOc1ccc(/C=N\n2c(-c3cccs3)n[nH]c2=S)cc1[N+](=O)[O-]. The van der Waals surface area contributed by atoms with Crippen LogP contribution < -0.4 is 4.74 Å². The molecule has 0 aliphatic carbocycles. The van der Waals surface area contributed by atoms with Gasteiger partial charge >= 0.3 is 5.69 Å². The summed E-state index contributed by atoms with van der Waals surface area (Å²) < 4.78 is 7.23. The van der Waals surface area contributed by atoms with Crippen LogP contribution in [0.15, 0.2) is 40.8 Å². The lowest BCUT2D eigenvalue weighted by Crippen LogP contribution is -2.00. The Morgan fingerprint density at radius 1 is 1.50 bits per heavy atom. The van der Waals surface area contributed by atoms with Gasteiger partial charge in [-0.1, -0.05) is 13.0 Å². The maximum atomic E-state index is 11.3. The monoisotopic (exact) mass is 389 g/mol. The molecule has 1 aromatic carbocycles. The number of thiophene rings is 1. The number of nitrogens with one attached hydrogen (secondary N) is 1. The molecule has 0 saturated carbocycles. The van der Waals surface area contributed by atoms with Gasteiger partial charge in [0.25, 0.3) is 0 Å². The van der Waals surface area contributed by atoms with E-state index in [1.165, 1.54) is 28.3 Å². The third kappa shape index (κ3) is 3.86. The Labute approximate surface area is 157 Å². The van der Waals surface area contributed by atoms with E-state index in [0.29, 0.717) is 22.8 Å². The number of nitro groups is 1. The Kier molecular flexibility index (Phi) is 5.54. The van der Waals surface area contributed by atoms with Crippen LogP contribution >= 0.6 is 23.6 Å². The van der Waals surface area contributed by atoms with Crippen molar-refractivity contribution < 1.29 is 9.66 Å². The first-order valence-corrected chi connectivity index (χ1v) is 9.06. The predicted molar refractivity (Wildman–Crippen MR) is 103 cm³/mol. The molecule has 0 atom stereocenters. The van der Waals surface area contributed by atoms with E-state index >= 15 is 0 Å². The molecular weight excluding hydrogens is 374 g/mol. The lowest BCUT2D eigenvalue weighted by Gasteiger charge is -2.05. The molecule has 3 aromatic rings. The second-order valence-electron chi connectivity index (χ2n) is 5.22. The molecule has 0 unspecified atom stereocenters. The number of aromatic amines is 1. The number of aromatic nitrogens is 3. The van der Waals surface area contributed by atoms with Crippen molar-refractivity contribution in [2.24, 2.45) is 5.10 Å². The molecule has 8 nitrogen and oxygen atoms in total. The lowest BCUT2D eigenvalue weighted by atomic mass is 10.2. The molecule has 1 N–H and O–H groups in total. The molecule has 0 saturated heterocycles. The van der Waals surface area contributed by atoms with Gasteiger partial charge in [-0.05, 0) is 42.2 Å². The zero-order valence-electron chi connectivity index (χ0n) is 13.8. The highest BCUT2D eigenvalue weighted by Crippen LogP contribution is 2.28. The van der Waals surface area contributed by atoms with Gasteiger partial charge in [0.2, 0.25) is 4.77 Å². The average Bonchev–Trinajstić information content (AvgIpc) is 3.28. The molecule has 0 spiro atoms. The topological polar surface area (TPSA) is 98.3 Å². The maximum absolute atomic E-state index is 11.3. The van der Waals surface area contributed by atoms with Gasteiger partial charge in [0.1, 0.15) is 0 Å². The molecule has 2 heterocycles. The van der Waals surface area contributed by atoms with Crippen molar-refractivity contribution in [2.75, 3.05) is 6.61 Å². The molecule has 26 heavy (non-hydrogen) atoms. The number of hydrogen-bond donors (Lipinski definition) is 1. The number of benzene rings is 1. The normalized spacial score (nSPS) is 11.1. The third-order valence-corrected chi connectivity index (χ3v) is 4.49. The molecule has 0 aliphatic heterocycles. The molecule has 2 aromatic heterocycles. The third-order valence-electron chi connectivity index (χ3n) is 3.36. The minimum Gasteiger partial charge on any atom is -0.487 e. The van der Waals surface area contributed by atoms with Gasteiger partial charge in [-0.25, -0.2) is 5.10 Å². The molecule has 0 fully saturated rings. The summed E-state index contributed by atoms with van der Waals surface area (Å²) in [5.41, 5.74) is 0.456. The fraction of sp³-hybridized carbons (Fsp3) is 0.188. The molecule has 3 rings (SSSR count). The number of ether oxygens (including phenoxy) is 1. The van der Waals surface area contributed by atoms with Gasteiger partial charge < -0.3 is 4.74 Å². The standard InChI is InChI=1S/C16H15N5O3S2/c1-2-7-24-13-6-5-11(9-12(13)21(22)23)10-17-20-15(18-19-16(20)25)14-4-3-8-26-14/h3-6,8-10H,2,7H2,1H3,(H,19,25)/b17-10-. The van der Waals surface area contributed by atoms with Gasteiger partial charge in [-0.15, -0.1) is 11.3 Å². The summed E-state index contributed by atoms with van der Waals surface area (Å²) in [6.07, 6.45) is 2.27. The summed E-state index contributed by atoms with van der Waals surface area (Å²) in [6.45, 7) is 2.36. The van der Waals surface area contributed by atoms with Crippen molar-refractivity contribution in [3.05, 3.63) is 56.2 Å². The number of nitro benzene ring substituents is 1. The Morgan fingerprint density at radius 2 is 2.35 bits per heavy atom. The molecule has 0 bridgehead atoms. The Morgan fingerprint density at radius 3 is 3.04 bits per heavy atom. The zero-order chi connectivity index (χ0) is 18.5. The predicted octanol–water partition coefficient (Wildman–Crippen LogP) is 4.25. The van der Waals surface area contributed by atoms with E-state index in [4.69, 9.17) is 17.0 Å². The van der Waals surface area contributed by atoms with E-state index in [1.54, 1.807) is 12.1 Å². The van der Waals surface area contributed by atoms with Crippen molar-refractivity contribution in [1.82, 2.24) is 14.9 Å². The van der Waals surface area contributed by atoms with Crippen LogP contribution in [0.1, 0.15) is 18.9 Å². The number of rotatable bonds is 7. The first-order valence-electron chi connectivity index (χ1n) is 7.77. The molecule has 10 heteroatoms. The van der Waals surface area contributed by atoms with Crippen LogP contribution in [0.4, 0.5) is 5.69 Å². The van der Waals surface area contributed by atoms with Crippen molar-refractivity contribution in [1.29, 1.82) is 0 Å². The minimum absolute atomic E-state index is 0.100. The van der Waals surface area contributed by atoms with Crippen LogP contribution in [0.5, 0.6) is 5.75 Å². The summed E-state index contributed by atoms with van der Waals surface area (Å²) in [5.74, 6) is 0.826. The second kappa shape index (κ2) is 8.02. The quantitative estimate of drug-likeness (QED) is 0.282. The minimum atomic E-state index is -0.469. The summed E-state index contributed by atoms with van der Waals surface area (Å²) >= 11 is 6.72. The van der Waals surface area contributed by atoms with Crippen LogP contribution in [0.3, 0.4) is 0 Å². The van der Waals surface area contributed by atoms with Crippen LogP contribution in [0, 0.1) is 14.9 Å². The first-order chi connectivity index (χ1) is 12.6. The Balaban J connectivity index is 1.92. The van der Waals surface area contributed by atoms with E-state index in [-0.39, 0.29) is 11.4 Å². The van der Waals surface area contributed by atoms with E-state index < -0.39 is 4.92 Å². The van der Waals surface area contributed by atoms with Crippen LogP contribution in [-0.4, -0.2) is 32.6 Å². The molecule has 0 aliphatic rings. The van der Waals surface area contributed by atoms with Gasteiger partial charge in [0, 0.05) is 11.6 Å². The highest BCUT2D eigenvalue weighted by atomic mass is 32.1. The molecule has 134 valence electrons. The van der Waals surface area contributed by atoms with E-state index in [9.17, 15) is 10.1 Å². The maximum Gasteiger partial charge on any atom is 0.311 e. The number of nitrogens with zero attached hydrogens (tertiary/aromatic N) is 4. The van der Waals surface area contributed by atoms with Crippen molar-refractivity contribution >= 4 is 35.5 Å². The largest absolute Gasteiger partial charge is 0.487 e. The summed E-state index contributed by atoms with van der Waals surface area (Å²) in [4.78, 5) is 11.7. The molecular formula is C16H15N5O3S2. The van der Waals surface area contributed by atoms with Crippen LogP contribution in [0.25, 0.3) is 10.7 Å². The van der Waals surface area contributed by atoms with Crippen LogP contribution in [-0.2, 0) is 0 Å². The highest BCUT2D eigenvalue weighted by molar-refractivity contribution is 7.71. The molecule has 0 radical (unpaired) electrons. The van der Waals surface area contributed by atoms with Crippen molar-refractivity contribution in [3.8, 4) is 16.5 Å². The highest BCUT2D eigenvalue weighted by Gasteiger charge is 2.15.